The van der Waals surface area contributed by atoms with Crippen molar-refractivity contribution in [3.8, 4) is 0 Å². The van der Waals surface area contributed by atoms with E-state index in [9.17, 15) is 25.2 Å². The summed E-state index contributed by atoms with van der Waals surface area (Å²) < 4.78 is 0. The number of aliphatic hydroxyl groups is 4. The van der Waals surface area contributed by atoms with Crippen LogP contribution in [0.15, 0.2) is 24.3 Å². The van der Waals surface area contributed by atoms with E-state index in [2.05, 4.69) is 43.5 Å². The monoisotopic (exact) mass is 750 g/mol. The van der Waals surface area contributed by atoms with Crippen LogP contribution in [0.4, 0.5) is 0 Å². The van der Waals surface area contributed by atoms with E-state index < -0.39 is 36.9 Å². The second-order valence-corrected chi connectivity index (χ2v) is 16.1. The first-order valence-electron chi connectivity index (χ1n) is 23.2. The highest BCUT2D eigenvalue weighted by atomic mass is 16.3. The fourth-order valence-corrected chi connectivity index (χ4v) is 7.16. The van der Waals surface area contributed by atoms with E-state index in [1.54, 1.807) is 0 Å². The lowest BCUT2D eigenvalue weighted by molar-refractivity contribution is -0.132. The van der Waals surface area contributed by atoms with Crippen molar-refractivity contribution >= 4 is 5.91 Å². The highest BCUT2D eigenvalue weighted by Crippen LogP contribution is 2.16. The lowest BCUT2D eigenvalue weighted by atomic mass is 10.00. The average molecular weight is 750 g/mol. The Hall–Kier alpha value is -1.21. The predicted octanol–water partition coefficient (Wildman–Crippen LogP) is 12.4. The molecule has 1 amide bonds. The molecule has 0 rings (SSSR count). The number of unbranched alkanes of at least 4 members (excludes halogenated alkanes) is 29. The van der Waals surface area contributed by atoms with Crippen molar-refractivity contribution in [3.63, 3.8) is 0 Å². The van der Waals surface area contributed by atoms with Crippen molar-refractivity contribution in [2.45, 2.75) is 263 Å². The Labute approximate surface area is 329 Å². The summed E-state index contributed by atoms with van der Waals surface area (Å²) in [6.45, 7) is 4.00. The van der Waals surface area contributed by atoms with Gasteiger partial charge in [-0.05, 0) is 64.2 Å². The van der Waals surface area contributed by atoms with Gasteiger partial charge in [0, 0.05) is 0 Å². The van der Waals surface area contributed by atoms with Crippen molar-refractivity contribution in [2.24, 2.45) is 0 Å². The van der Waals surface area contributed by atoms with Crippen LogP contribution in [0.2, 0.25) is 0 Å². The number of carbonyl (C=O) groups is 1. The van der Waals surface area contributed by atoms with Gasteiger partial charge in [0.2, 0.25) is 5.91 Å². The molecule has 6 nitrogen and oxygen atoms in total. The van der Waals surface area contributed by atoms with Crippen molar-refractivity contribution in [1.82, 2.24) is 5.32 Å². The van der Waals surface area contributed by atoms with E-state index in [4.69, 9.17) is 0 Å². The van der Waals surface area contributed by atoms with Crippen LogP contribution in [-0.4, -0.2) is 57.3 Å². The zero-order chi connectivity index (χ0) is 38.9. The second-order valence-electron chi connectivity index (χ2n) is 16.1. The molecule has 0 aromatic rings. The minimum absolute atomic E-state index is 0.364. The Balaban J connectivity index is 3.60. The minimum Gasteiger partial charge on any atom is -0.394 e. The van der Waals surface area contributed by atoms with E-state index in [0.717, 1.165) is 38.5 Å². The number of allylic oxidation sites excluding steroid dienone is 4. The molecule has 6 heteroatoms. The van der Waals surface area contributed by atoms with E-state index in [1.807, 2.05) is 0 Å². The Morgan fingerprint density at radius 1 is 0.453 bits per heavy atom. The van der Waals surface area contributed by atoms with Crippen molar-refractivity contribution in [3.05, 3.63) is 24.3 Å². The van der Waals surface area contributed by atoms with Crippen molar-refractivity contribution < 1.29 is 25.2 Å². The lowest BCUT2D eigenvalue weighted by Crippen LogP contribution is -2.53. The molecule has 0 aromatic carbocycles. The topological polar surface area (TPSA) is 110 Å². The maximum atomic E-state index is 12.5. The number of hydrogen-bond acceptors (Lipinski definition) is 5. The summed E-state index contributed by atoms with van der Waals surface area (Å²) in [7, 11) is 0. The fraction of sp³-hybridized carbons (Fsp3) is 0.894. The fourth-order valence-electron chi connectivity index (χ4n) is 7.16. The Bertz CT molecular complexity index is 802. The average Bonchev–Trinajstić information content (AvgIpc) is 3.16. The Kier molecular flexibility index (Phi) is 41.0. The van der Waals surface area contributed by atoms with Crippen LogP contribution >= 0.6 is 0 Å². The molecule has 4 atom stereocenters. The zero-order valence-corrected chi connectivity index (χ0v) is 35.3. The molecule has 0 saturated heterocycles. The van der Waals surface area contributed by atoms with Crippen LogP contribution in [0.25, 0.3) is 0 Å². The first-order valence-corrected chi connectivity index (χ1v) is 23.2. The summed E-state index contributed by atoms with van der Waals surface area (Å²) in [6.07, 6.45) is 48.2. The van der Waals surface area contributed by atoms with Crippen LogP contribution in [0.3, 0.4) is 0 Å². The molecule has 0 bridgehead atoms. The van der Waals surface area contributed by atoms with E-state index in [1.165, 1.54) is 173 Å². The van der Waals surface area contributed by atoms with Crippen LogP contribution in [0, 0.1) is 0 Å². The van der Waals surface area contributed by atoms with Gasteiger partial charge >= 0.3 is 0 Å². The van der Waals surface area contributed by atoms with E-state index in [-0.39, 0.29) is 0 Å². The molecule has 0 fully saturated rings. The summed E-state index contributed by atoms with van der Waals surface area (Å²) in [4.78, 5) is 12.5. The zero-order valence-electron chi connectivity index (χ0n) is 35.3. The third kappa shape index (κ3) is 36.2. The molecular weight excluding hydrogens is 659 g/mol. The third-order valence-corrected chi connectivity index (χ3v) is 10.9. The van der Waals surface area contributed by atoms with E-state index in [0.29, 0.717) is 12.8 Å². The number of aliphatic hydroxyl groups excluding tert-OH is 4. The second kappa shape index (κ2) is 41.9. The van der Waals surface area contributed by atoms with Gasteiger partial charge in [0.25, 0.3) is 0 Å². The summed E-state index contributed by atoms with van der Waals surface area (Å²) in [5.41, 5.74) is 0. The minimum atomic E-state index is -1.28. The lowest BCUT2D eigenvalue weighted by Gasteiger charge is -2.27. The Morgan fingerprint density at radius 3 is 1.15 bits per heavy atom. The standard InChI is InChI=1S/C47H91NO5/c1-3-5-7-9-11-13-14-15-16-17-18-19-20-21-22-23-24-25-26-27-28-29-30-31-33-35-37-39-41-45(51)47(53)48-43(42-49)46(52)44(50)40-38-36-34-32-12-10-8-6-4-2/h21-22,32,34,43-46,49-52H,3-20,23-31,33,35-42H2,1-2H3,(H,48,53)/b22-21-,34-32+. The van der Waals surface area contributed by atoms with Crippen molar-refractivity contribution in [2.75, 3.05) is 6.61 Å². The van der Waals surface area contributed by atoms with Gasteiger partial charge in [-0.3, -0.25) is 4.79 Å². The quantitative estimate of drug-likeness (QED) is 0.0315. The molecule has 0 saturated carbocycles. The summed E-state index contributed by atoms with van der Waals surface area (Å²) >= 11 is 0. The number of hydrogen-bond donors (Lipinski definition) is 5. The van der Waals surface area contributed by atoms with Crippen LogP contribution in [0.1, 0.15) is 239 Å². The van der Waals surface area contributed by atoms with Gasteiger partial charge in [-0.25, -0.2) is 0 Å². The molecular formula is C47H91NO5. The molecule has 0 aromatic heterocycles. The third-order valence-electron chi connectivity index (χ3n) is 10.9. The first-order chi connectivity index (χ1) is 26.0. The molecule has 5 N–H and O–H groups in total. The number of nitrogens with one attached hydrogen (secondary N) is 1. The molecule has 0 spiro atoms. The predicted molar refractivity (Wildman–Crippen MR) is 228 cm³/mol. The van der Waals surface area contributed by atoms with Gasteiger partial charge in [-0.15, -0.1) is 0 Å². The summed E-state index contributed by atoms with van der Waals surface area (Å²) in [5.74, 6) is -0.595. The maximum absolute atomic E-state index is 12.5. The summed E-state index contributed by atoms with van der Waals surface area (Å²) in [6, 6.07) is -0.998. The molecule has 0 aliphatic rings. The first kappa shape index (κ1) is 51.8. The molecule has 0 aliphatic carbocycles. The van der Waals surface area contributed by atoms with Gasteiger partial charge in [-0.1, -0.05) is 199 Å². The van der Waals surface area contributed by atoms with Crippen LogP contribution in [0.5, 0.6) is 0 Å². The van der Waals surface area contributed by atoms with Gasteiger partial charge < -0.3 is 25.7 Å². The summed E-state index contributed by atoms with van der Waals surface area (Å²) in [5, 5.41) is 43.4. The van der Waals surface area contributed by atoms with Gasteiger partial charge in [0.1, 0.15) is 12.2 Å². The molecule has 53 heavy (non-hydrogen) atoms. The molecule has 314 valence electrons. The van der Waals surface area contributed by atoms with Gasteiger partial charge in [0.05, 0.1) is 18.8 Å². The van der Waals surface area contributed by atoms with Crippen LogP contribution in [-0.2, 0) is 4.79 Å². The molecule has 0 radical (unpaired) electrons. The number of amides is 1. The highest BCUT2D eigenvalue weighted by molar-refractivity contribution is 5.80. The van der Waals surface area contributed by atoms with Gasteiger partial charge in [0.15, 0.2) is 0 Å². The largest absolute Gasteiger partial charge is 0.394 e. The maximum Gasteiger partial charge on any atom is 0.249 e. The van der Waals surface area contributed by atoms with Crippen LogP contribution < -0.4 is 5.32 Å². The highest BCUT2D eigenvalue weighted by Gasteiger charge is 2.28. The number of carbonyl (C=O) groups excluding carboxylic acids is 1. The van der Waals surface area contributed by atoms with Gasteiger partial charge in [-0.2, -0.15) is 0 Å². The molecule has 0 heterocycles. The molecule has 4 unspecified atom stereocenters. The Morgan fingerprint density at radius 2 is 0.774 bits per heavy atom. The normalized spacial score (nSPS) is 14.3. The van der Waals surface area contributed by atoms with Crippen molar-refractivity contribution in [1.29, 1.82) is 0 Å². The van der Waals surface area contributed by atoms with E-state index >= 15 is 0 Å². The molecule has 0 aliphatic heterocycles. The smallest absolute Gasteiger partial charge is 0.249 e. The number of rotatable bonds is 42. The SMILES string of the molecule is CCCCCC/C=C/CCCC(O)C(O)C(CO)NC(=O)C(O)CCCCCCCCCCCCCC/C=C\CCCCCCCCCCCCCC.